The maximum atomic E-state index is 13.7. The second-order valence-electron chi connectivity index (χ2n) is 9.70. The van der Waals surface area contributed by atoms with Gasteiger partial charge in [0.1, 0.15) is 0 Å². The fourth-order valence-electron chi connectivity index (χ4n) is 5.04. The number of amides is 2. The molecule has 0 bridgehead atoms. The summed E-state index contributed by atoms with van der Waals surface area (Å²) in [6.07, 6.45) is 8.36. The molecule has 1 saturated carbocycles. The van der Waals surface area contributed by atoms with Gasteiger partial charge in [-0.2, -0.15) is 0 Å². The summed E-state index contributed by atoms with van der Waals surface area (Å²) in [7, 11) is 0. The molecule has 4 aromatic rings. The van der Waals surface area contributed by atoms with Crippen molar-refractivity contribution in [3.8, 4) is 11.1 Å². The van der Waals surface area contributed by atoms with Crippen molar-refractivity contribution in [2.24, 2.45) is 11.8 Å². The molecule has 1 aliphatic carbocycles. The van der Waals surface area contributed by atoms with Crippen molar-refractivity contribution < 1.29 is 9.59 Å². The predicted octanol–water partition coefficient (Wildman–Crippen LogP) is 5.14. The van der Waals surface area contributed by atoms with Crippen LogP contribution in [0.2, 0.25) is 0 Å². The molecule has 2 aromatic heterocycles. The van der Waals surface area contributed by atoms with E-state index in [4.69, 9.17) is 0 Å². The molecule has 2 amide bonds. The van der Waals surface area contributed by atoms with Gasteiger partial charge in [0, 0.05) is 49.0 Å². The Bertz CT molecular complexity index is 1360. The van der Waals surface area contributed by atoms with E-state index in [1.165, 1.54) is 0 Å². The first kappa shape index (κ1) is 21.6. The lowest BCUT2D eigenvalue weighted by atomic mass is 10.0. The Kier molecular flexibility index (Phi) is 5.57. The highest BCUT2D eigenvalue weighted by molar-refractivity contribution is 6.06. The lowest BCUT2D eigenvalue weighted by Crippen LogP contribution is -2.37. The second-order valence-corrected chi connectivity index (χ2v) is 9.70. The van der Waals surface area contributed by atoms with E-state index in [-0.39, 0.29) is 17.7 Å². The third-order valence-electron chi connectivity index (χ3n) is 7.19. The van der Waals surface area contributed by atoms with Gasteiger partial charge in [-0.15, -0.1) is 0 Å². The average molecular weight is 465 g/mol. The van der Waals surface area contributed by atoms with Crippen LogP contribution in [0.25, 0.3) is 22.0 Å². The minimum absolute atomic E-state index is 0.0439. The van der Waals surface area contributed by atoms with E-state index < -0.39 is 0 Å². The Hall–Kier alpha value is -3.93. The highest BCUT2D eigenvalue weighted by atomic mass is 16.2. The SMILES string of the molecule is O=C(C1CC1)N1CC[C@@H](CN(C(=O)c2ccc(-c3ccc4[nH]ccc4c3)cc2)c2cccnc2)C1. The lowest BCUT2D eigenvalue weighted by molar-refractivity contribution is -0.131. The number of pyridine rings is 1. The van der Waals surface area contributed by atoms with Gasteiger partial charge < -0.3 is 14.8 Å². The standard InChI is InChI=1S/C29H28N4O2/c34-28(22-7-8-22)32-15-12-20(18-32)19-33(26-2-1-13-30-17-26)29(35)23-5-3-21(4-6-23)24-9-10-27-25(16-24)11-14-31-27/h1-6,9-11,13-14,16-17,20,22,31H,7-8,12,15,18-19H2/t20-/m1/s1. The lowest BCUT2D eigenvalue weighted by Gasteiger charge is -2.26. The summed E-state index contributed by atoms with van der Waals surface area (Å²) in [5.74, 6) is 0.744. The second kappa shape index (κ2) is 9.02. The van der Waals surface area contributed by atoms with E-state index >= 15 is 0 Å². The minimum atomic E-state index is -0.0439. The third kappa shape index (κ3) is 4.44. The first-order chi connectivity index (χ1) is 17.2. The van der Waals surface area contributed by atoms with Crippen LogP contribution in [0.5, 0.6) is 0 Å². The van der Waals surface area contributed by atoms with Crippen LogP contribution < -0.4 is 4.90 Å². The molecule has 35 heavy (non-hydrogen) atoms. The number of hydrogen-bond donors (Lipinski definition) is 1. The van der Waals surface area contributed by atoms with Gasteiger partial charge in [-0.1, -0.05) is 18.2 Å². The molecule has 1 atom stereocenters. The van der Waals surface area contributed by atoms with E-state index in [2.05, 4.69) is 34.2 Å². The molecule has 3 heterocycles. The van der Waals surface area contributed by atoms with Crippen LogP contribution >= 0.6 is 0 Å². The van der Waals surface area contributed by atoms with Gasteiger partial charge in [0.25, 0.3) is 5.91 Å². The molecule has 1 N–H and O–H groups in total. The predicted molar refractivity (Wildman–Crippen MR) is 137 cm³/mol. The van der Waals surface area contributed by atoms with Gasteiger partial charge in [-0.25, -0.2) is 0 Å². The van der Waals surface area contributed by atoms with Crippen molar-refractivity contribution in [3.63, 3.8) is 0 Å². The number of aromatic nitrogens is 2. The zero-order valence-corrected chi connectivity index (χ0v) is 19.6. The maximum absolute atomic E-state index is 13.7. The number of fused-ring (bicyclic) bond motifs is 1. The van der Waals surface area contributed by atoms with Crippen molar-refractivity contribution in [1.82, 2.24) is 14.9 Å². The molecule has 1 saturated heterocycles. The number of likely N-dealkylation sites (tertiary alicyclic amines) is 1. The Morgan fingerprint density at radius 2 is 1.83 bits per heavy atom. The first-order valence-electron chi connectivity index (χ1n) is 12.3. The van der Waals surface area contributed by atoms with Gasteiger partial charge in [0.2, 0.25) is 5.91 Å². The van der Waals surface area contributed by atoms with Crippen molar-refractivity contribution >= 4 is 28.4 Å². The number of rotatable bonds is 6. The summed E-state index contributed by atoms with van der Waals surface area (Å²) < 4.78 is 0. The molecule has 0 unspecified atom stereocenters. The molecule has 2 aliphatic rings. The topological polar surface area (TPSA) is 69.3 Å². The highest BCUT2D eigenvalue weighted by Gasteiger charge is 2.37. The van der Waals surface area contributed by atoms with Gasteiger partial charge in [-0.05, 0) is 84.2 Å². The van der Waals surface area contributed by atoms with Crippen LogP contribution in [-0.4, -0.2) is 46.3 Å². The van der Waals surface area contributed by atoms with E-state index in [0.29, 0.717) is 18.0 Å². The van der Waals surface area contributed by atoms with E-state index in [0.717, 1.165) is 60.1 Å². The van der Waals surface area contributed by atoms with Crippen LogP contribution in [-0.2, 0) is 4.79 Å². The molecule has 6 rings (SSSR count). The van der Waals surface area contributed by atoms with Gasteiger partial charge in [0.05, 0.1) is 11.9 Å². The molecule has 0 spiro atoms. The van der Waals surface area contributed by atoms with Crippen LogP contribution in [0.15, 0.2) is 79.3 Å². The molecule has 6 heteroatoms. The summed E-state index contributed by atoms with van der Waals surface area (Å²) in [5.41, 5.74) is 4.72. The number of nitrogens with zero attached hydrogens (tertiary/aromatic N) is 3. The largest absolute Gasteiger partial charge is 0.361 e. The highest BCUT2D eigenvalue weighted by Crippen LogP contribution is 2.33. The Balaban J connectivity index is 1.21. The Morgan fingerprint density at radius 1 is 1.00 bits per heavy atom. The van der Waals surface area contributed by atoms with E-state index in [9.17, 15) is 9.59 Å². The third-order valence-corrected chi connectivity index (χ3v) is 7.19. The molecule has 0 radical (unpaired) electrons. The number of anilines is 1. The number of aromatic amines is 1. The molecule has 176 valence electrons. The van der Waals surface area contributed by atoms with Crippen LogP contribution in [0.1, 0.15) is 29.6 Å². The molecular weight excluding hydrogens is 436 g/mol. The van der Waals surface area contributed by atoms with Crippen LogP contribution in [0, 0.1) is 11.8 Å². The van der Waals surface area contributed by atoms with Gasteiger partial charge >= 0.3 is 0 Å². The maximum Gasteiger partial charge on any atom is 0.258 e. The minimum Gasteiger partial charge on any atom is -0.361 e. The summed E-state index contributed by atoms with van der Waals surface area (Å²) in [6.45, 7) is 2.08. The van der Waals surface area contributed by atoms with Crippen LogP contribution in [0.3, 0.4) is 0 Å². The summed E-state index contributed by atoms with van der Waals surface area (Å²) in [6, 6.07) is 20.0. The zero-order chi connectivity index (χ0) is 23.8. The fourth-order valence-corrected chi connectivity index (χ4v) is 5.04. The summed E-state index contributed by atoms with van der Waals surface area (Å²) >= 11 is 0. The molecule has 2 fully saturated rings. The van der Waals surface area contributed by atoms with Crippen molar-refractivity contribution in [2.75, 3.05) is 24.5 Å². The van der Waals surface area contributed by atoms with Crippen molar-refractivity contribution in [3.05, 3.63) is 84.8 Å². The quantitative estimate of drug-likeness (QED) is 0.430. The van der Waals surface area contributed by atoms with E-state index in [1.807, 2.05) is 52.4 Å². The number of hydrogen-bond acceptors (Lipinski definition) is 3. The molecule has 1 aliphatic heterocycles. The summed E-state index contributed by atoms with van der Waals surface area (Å²) in [5, 5.41) is 1.16. The molecule has 6 nitrogen and oxygen atoms in total. The number of carbonyl (C=O) groups is 2. The molecule has 2 aromatic carbocycles. The normalized spacial score (nSPS) is 17.6. The monoisotopic (exact) mass is 464 g/mol. The van der Waals surface area contributed by atoms with Gasteiger partial charge in [0.15, 0.2) is 0 Å². The Labute approximate surface area is 204 Å². The number of nitrogens with one attached hydrogen (secondary N) is 1. The number of H-pyrrole nitrogens is 1. The van der Waals surface area contributed by atoms with Crippen LogP contribution in [0.4, 0.5) is 5.69 Å². The average Bonchev–Trinajstić information content (AvgIpc) is 3.46. The molecular formula is C29H28N4O2. The first-order valence-corrected chi connectivity index (χ1v) is 12.3. The van der Waals surface area contributed by atoms with Crippen molar-refractivity contribution in [1.29, 1.82) is 0 Å². The van der Waals surface area contributed by atoms with Gasteiger partial charge in [-0.3, -0.25) is 14.6 Å². The number of benzene rings is 2. The van der Waals surface area contributed by atoms with Crippen molar-refractivity contribution in [2.45, 2.75) is 19.3 Å². The zero-order valence-electron chi connectivity index (χ0n) is 19.6. The smallest absolute Gasteiger partial charge is 0.258 e. The fraction of sp³-hybridized carbons (Fsp3) is 0.276. The summed E-state index contributed by atoms with van der Waals surface area (Å²) in [4.78, 5) is 37.4. The Morgan fingerprint density at radius 3 is 2.60 bits per heavy atom. The van der Waals surface area contributed by atoms with E-state index in [1.54, 1.807) is 12.4 Å². The number of carbonyl (C=O) groups excluding carboxylic acids is 2.